The first kappa shape index (κ1) is 13.9. The third-order valence-electron chi connectivity index (χ3n) is 4.51. The molecule has 1 aliphatic rings. The summed E-state index contributed by atoms with van der Waals surface area (Å²) in [5.41, 5.74) is 1.88. The zero-order valence-electron chi connectivity index (χ0n) is 13.2. The van der Waals surface area contributed by atoms with Crippen molar-refractivity contribution in [3.05, 3.63) is 42.2 Å². The Balaban J connectivity index is 1.59. The first-order valence-corrected chi connectivity index (χ1v) is 7.74. The normalized spacial score (nSPS) is 15.7. The second-order valence-corrected chi connectivity index (χ2v) is 5.89. The average Bonchev–Trinajstić information content (AvgIpc) is 3.17. The van der Waals surface area contributed by atoms with Crippen LogP contribution in [0.3, 0.4) is 0 Å². The lowest BCUT2D eigenvalue weighted by molar-refractivity contribution is -0.135. The molecule has 3 heterocycles. The summed E-state index contributed by atoms with van der Waals surface area (Å²) < 4.78 is 4.00. The monoisotopic (exact) mass is 310 g/mol. The summed E-state index contributed by atoms with van der Waals surface area (Å²) in [7, 11) is 0. The zero-order valence-corrected chi connectivity index (χ0v) is 13.2. The molecule has 0 N–H and O–H groups in total. The van der Waals surface area contributed by atoms with Crippen LogP contribution in [0.5, 0.6) is 0 Å². The first-order valence-electron chi connectivity index (χ1n) is 7.74. The van der Waals surface area contributed by atoms with E-state index in [0.717, 1.165) is 29.2 Å². The molecule has 2 aromatic heterocycles. The van der Waals surface area contributed by atoms with Crippen LogP contribution in [0.2, 0.25) is 0 Å². The second kappa shape index (κ2) is 5.19. The number of imidazole rings is 1. The molecule has 0 fully saturated rings. The molecular formula is C16H18N6O. The minimum Gasteiger partial charge on any atom is -0.332 e. The fourth-order valence-electron chi connectivity index (χ4n) is 3.16. The largest absolute Gasteiger partial charge is 0.332 e. The maximum atomic E-state index is 12.9. The molecule has 1 aromatic carbocycles. The predicted molar refractivity (Wildman–Crippen MR) is 84.6 cm³/mol. The van der Waals surface area contributed by atoms with E-state index in [1.807, 2.05) is 47.6 Å². The van der Waals surface area contributed by atoms with Gasteiger partial charge in [0.15, 0.2) is 5.82 Å². The van der Waals surface area contributed by atoms with E-state index in [2.05, 4.69) is 19.7 Å². The van der Waals surface area contributed by atoms with Crippen molar-refractivity contribution < 1.29 is 4.79 Å². The molecule has 0 saturated heterocycles. The van der Waals surface area contributed by atoms with Gasteiger partial charge >= 0.3 is 0 Å². The topological polar surface area (TPSA) is 68.8 Å². The van der Waals surface area contributed by atoms with Crippen molar-refractivity contribution in [2.75, 3.05) is 6.54 Å². The molecule has 0 bridgehead atoms. The van der Waals surface area contributed by atoms with Crippen LogP contribution in [0, 0.1) is 6.92 Å². The van der Waals surface area contributed by atoms with E-state index >= 15 is 0 Å². The molecule has 7 nitrogen and oxygen atoms in total. The Hall–Kier alpha value is -2.70. The van der Waals surface area contributed by atoms with Gasteiger partial charge in [-0.1, -0.05) is 12.1 Å². The van der Waals surface area contributed by atoms with Crippen LogP contribution < -0.4 is 0 Å². The van der Waals surface area contributed by atoms with Gasteiger partial charge < -0.3 is 14.0 Å². The third-order valence-corrected chi connectivity index (χ3v) is 4.51. The molecule has 118 valence electrons. The van der Waals surface area contributed by atoms with Crippen molar-refractivity contribution in [3.8, 4) is 0 Å². The smallest absolute Gasteiger partial charge is 0.245 e. The van der Waals surface area contributed by atoms with Crippen molar-refractivity contribution in [1.82, 2.24) is 29.2 Å². The minimum absolute atomic E-state index is 0.0834. The van der Waals surface area contributed by atoms with E-state index in [4.69, 9.17) is 0 Å². The Labute approximate surface area is 133 Å². The number of nitrogens with zero attached hydrogens (tertiary/aromatic N) is 6. The number of amides is 1. The van der Waals surface area contributed by atoms with E-state index in [0.29, 0.717) is 13.1 Å². The van der Waals surface area contributed by atoms with E-state index < -0.39 is 0 Å². The number of rotatable bonds is 2. The van der Waals surface area contributed by atoms with Gasteiger partial charge in [0.05, 0.1) is 23.9 Å². The number of aryl methyl sites for hydroxylation is 1. The number of para-hydroxylation sites is 2. The van der Waals surface area contributed by atoms with Gasteiger partial charge in [-0.25, -0.2) is 4.98 Å². The Kier molecular flexibility index (Phi) is 3.14. The van der Waals surface area contributed by atoms with Gasteiger partial charge in [-0.2, -0.15) is 0 Å². The Morgan fingerprint density at radius 2 is 2.04 bits per heavy atom. The van der Waals surface area contributed by atoms with Crippen LogP contribution in [0.25, 0.3) is 11.0 Å². The van der Waals surface area contributed by atoms with Gasteiger partial charge in [0.2, 0.25) is 5.91 Å². The van der Waals surface area contributed by atoms with E-state index in [1.165, 1.54) is 0 Å². The van der Waals surface area contributed by atoms with Crippen molar-refractivity contribution in [3.63, 3.8) is 0 Å². The van der Waals surface area contributed by atoms with Crippen molar-refractivity contribution >= 4 is 16.9 Å². The lowest BCUT2D eigenvalue weighted by Gasteiger charge is -2.30. The minimum atomic E-state index is -0.294. The van der Waals surface area contributed by atoms with Gasteiger partial charge in [-0.3, -0.25) is 4.79 Å². The lowest BCUT2D eigenvalue weighted by atomic mass is 10.2. The Morgan fingerprint density at radius 1 is 1.22 bits per heavy atom. The highest BCUT2D eigenvalue weighted by atomic mass is 16.2. The molecule has 1 atom stereocenters. The van der Waals surface area contributed by atoms with Gasteiger partial charge in [-0.05, 0) is 26.0 Å². The van der Waals surface area contributed by atoms with Crippen LogP contribution >= 0.6 is 0 Å². The van der Waals surface area contributed by atoms with E-state index in [1.54, 1.807) is 6.33 Å². The molecule has 1 amide bonds. The molecule has 1 aliphatic heterocycles. The third kappa shape index (κ3) is 2.19. The summed E-state index contributed by atoms with van der Waals surface area (Å²) in [6, 6.07) is 7.56. The number of hydrogen-bond acceptors (Lipinski definition) is 4. The summed E-state index contributed by atoms with van der Waals surface area (Å²) in [6.45, 7) is 5.80. The standard InChI is InChI=1S/C16H18N6O/c1-11(22-10-17-13-5-3-4-6-14(13)22)16(23)20-7-8-21-12(2)18-19-15(21)9-20/h3-6,10-11H,7-9H2,1-2H3/t11-/m1/s1. The lowest BCUT2D eigenvalue weighted by Crippen LogP contribution is -2.41. The molecule has 0 radical (unpaired) electrons. The number of carbonyl (C=O) groups is 1. The predicted octanol–water partition coefficient (Wildman–Crippen LogP) is 1.54. The maximum Gasteiger partial charge on any atom is 0.245 e. The molecular weight excluding hydrogens is 292 g/mol. The fraction of sp³-hybridized carbons (Fsp3) is 0.375. The molecule has 4 rings (SSSR count). The Morgan fingerprint density at radius 3 is 2.91 bits per heavy atom. The number of carbonyl (C=O) groups excluding carboxylic acids is 1. The molecule has 3 aromatic rings. The van der Waals surface area contributed by atoms with E-state index in [-0.39, 0.29) is 11.9 Å². The number of aromatic nitrogens is 5. The van der Waals surface area contributed by atoms with Crippen molar-refractivity contribution in [2.45, 2.75) is 33.0 Å². The number of fused-ring (bicyclic) bond motifs is 2. The summed E-state index contributed by atoms with van der Waals surface area (Å²) >= 11 is 0. The van der Waals surface area contributed by atoms with Crippen LogP contribution in [0.1, 0.15) is 24.6 Å². The van der Waals surface area contributed by atoms with E-state index in [9.17, 15) is 4.79 Å². The molecule has 23 heavy (non-hydrogen) atoms. The van der Waals surface area contributed by atoms with Crippen LogP contribution in [0.4, 0.5) is 0 Å². The molecule has 0 spiro atoms. The van der Waals surface area contributed by atoms with Gasteiger partial charge in [-0.15, -0.1) is 10.2 Å². The quantitative estimate of drug-likeness (QED) is 0.720. The highest BCUT2D eigenvalue weighted by Gasteiger charge is 2.28. The zero-order chi connectivity index (χ0) is 16.0. The Bertz CT molecular complexity index is 880. The van der Waals surface area contributed by atoms with Gasteiger partial charge in [0.1, 0.15) is 11.9 Å². The van der Waals surface area contributed by atoms with Crippen LogP contribution in [-0.2, 0) is 17.9 Å². The van der Waals surface area contributed by atoms with Crippen LogP contribution in [0.15, 0.2) is 30.6 Å². The molecule has 0 aliphatic carbocycles. The highest BCUT2D eigenvalue weighted by Crippen LogP contribution is 2.21. The molecule has 7 heteroatoms. The van der Waals surface area contributed by atoms with Crippen molar-refractivity contribution in [1.29, 1.82) is 0 Å². The fourth-order valence-corrected chi connectivity index (χ4v) is 3.16. The summed E-state index contributed by atoms with van der Waals surface area (Å²) in [6.07, 6.45) is 1.74. The van der Waals surface area contributed by atoms with Crippen molar-refractivity contribution in [2.24, 2.45) is 0 Å². The van der Waals surface area contributed by atoms with Gasteiger partial charge in [0, 0.05) is 13.1 Å². The first-order chi connectivity index (χ1) is 11.1. The number of benzene rings is 1. The average molecular weight is 310 g/mol. The van der Waals surface area contributed by atoms with Crippen LogP contribution in [-0.4, -0.2) is 41.7 Å². The summed E-state index contributed by atoms with van der Waals surface area (Å²) in [4.78, 5) is 19.1. The SMILES string of the molecule is Cc1nnc2n1CCN(C(=O)[C@@H](C)n1cnc3ccccc31)C2. The second-order valence-electron chi connectivity index (χ2n) is 5.89. The summed E-state index contributed by atoms with van der Waals surface area (Å²) in [5.74, 6) is 1.84. The highest BCUT2D eigenvalue weighted by molar-refractivity contribution is 5.83. The van der Waals surface area contributed by atoms with Gasteiger partial charge in [0.25, 0.3) is 0 Å². The number of hydrogen-bond donors (Lipinski definition) is 0. The maximum absolute atomic E-state index is 12.9. The summed E-state index contributed by atoms with van der Waals surface area (Å²) in [5, 5.41) is 8.25. The molecule has 0 saturated carbocycles. The molecule has 0 unspecified atom stereocenters.